The van der Waals surface area contributed by atoms with Crippen molar-refractivity contribution >= 4 is 28.4 Å². The molecule has 0 radical (unpaired) electrons. The highest BCUT2D eigenvalue weighted by molar-refractivity contribution is 14.2. The second-order valence-corrected chi connectivity index (χ2v) is 5.87. The molecule has 78 valence electrons. The molecule has 2 unspecified atom stereocenters. The Morgan fingerprint density at radius 3 is 2.86 bits per heavy atom. The summed E-state index contributed by atoms with van der Waals surface area (Å²) in [6, 6.07) is 0. The summed E-state index contributed by atoms with van der Waals surface area (Å²) in [5.41, 5.74) is 0.987. The van der Waals surface area contributed by atoms with Crippen LogP contribution in [0.25, 0.3) is 0 Å². The first-order chi connectivity index (χ1) is 6.81. The van der Waals surface area contributed by atoms with E-state index >= 15 is 0 Å². The second-order valence-electron chi connectivity index (χ2n) is 3.79. The van der Waals surface area contributed by atoms with Crippen molar-refractivity contribution in [1.82, 2.24) is 9.55 Å². The van der Waals surface area contributed by atoms with Crippen molar-refractivity contribution in [3.63, 3.8) is 0 Å². The van der Waals surface area contributed by atoms with Crippen LogP contribution in [0.4, 0.5) is 0 Å². The first-order valence-electron chi connectivity index (χ1n) is 4.90. The Balaban J connectivity index is 2.05. The molecule has 2 rings (SSSR count). The fraction of sp³-hybridized carbons (Fsp3) is 0.667. The van der Waals surface area contributed by atoms with Crippen LogP contribution in [0.3, 0.4) is 0 Å². The van der Waals surface area contributed by atoms with Gasteiger partial charge in [-0.05, 0) is 40.8 Å². The minimum Gasteiger partial charge on any atom is -0.388 e. The van der Waals surface area contributed by atoms with Crippen LogP contribution in [0.1, 0.15) is 37.4 Å². The highest BCUT2D eigenvalue weighted by atomic mass is 127. The fourth-order valence-corrected chi connectivity index (χ4v) is 3.17. The molecule has 5 heteroatoms. The maximum absolute atomic E-state index is 10.1. The third-order valence-electron chi connectivity index (χ3n) is 2.88. The number of hydrogen-bond donors (Lipinski definition) is 1. The summed E-state index contributed by atoms with van der Waals surface area (Å²) in [4.78, 5) is 0. The van der Waals surface area contributed by atoms with Crippen LogP contribution in [-0.2, 0) is 0 Å². The molecule has 0 aliphatic heterocycles. The number of hydrogen-bond acceptors (Lipinski definition) is 2. The Labute approximate surface area is 98.6 Å². The predicted molar refractivity (Wildman–Crippen MR) is 66.9 cm³/mol. The van der Waals surface area contributed by atoms with E-state index in [9.17, 15) is 5.11 Å². The number of aliphatic hydroxyl groups is 1. The lowest BCUT2D eigenvalue weighted by Crippen LogP contribution is -2.07. The van der Waals surface area contributed by atoms with Crippen LogP contribution >= 0.6 is 28.4 Å². The smallest absolute Gasteiger partial charge is 0.0848 e. The minimum absolute atomic E-state index is 0.293. The molecule has 1 fully saturated rings. The monoisotopic (exact) mass is 324 g/mol. The zero-order chi connectivity index (χ0) is 9.97. The first-order valence-corrected chi connectivity index (χ1v) is 8.96. The van der Waals surface area contributed by atoms with Crippen LogP contribution in [0, 0.1) is 5.92 Å². The molecule has 1 heterocycles. The van der Waals surface area contributed by atoms with Crippen molar-refractivity contribution < 1.29 is 5.11 Å². The topological polar surface area (TPSA) is 38.1 Å². The summed E-state index contributed by atoms with van der Waals surface area (Å²) in [6.07, 6.45) is 8.96. The molecule has 0 saturated heterocycles. The summed E-state index contributed by atoms with van der Waals surface area (Å²) in [5, 5.41) is 14.3. The molecule has 0 amide bonds. The summed E-state index contributed by atoms with van der Waals surface area (Å²) in [7, 11) is 0. The highest BCUT2D eigenvalue weighted by Crippen LogP contribution is 2.36. The van der Waals surface area contributed by atoms with Crippen molar-refractivity contribution in [2.45, 2.75) is 31.8 Å². The average Bonchev–Trinajstić information content (AvgIpc) is 2.88. The van der Waals surface area contributed by atoms with E-state index in [-0.39, 0.29) is 6.10 Å². The molecule has 1 aliphatic carbocycles. The Morgan fingerprint density at radius 1 is 1.57 bits per heavy atom. The quantitative estimate of drug-likeness (QED) is 0.686. The maximum Gasteiger partial charge on any atom is 0.0848 e. The minimum atomic E-state index is -0.293. The van der Waals surface area contributed by atoms with Gasteiger partial charge in [0.05, 0.1) is 18.7 Å². The van der Waals surface area contributed by atoms with E-state index in [4.69, 9.17) is 0 Å². The van der Waals surface area contributed by atoms with Gasteiger partial charge in [0, 0.05) is 11.8 Å². The SMILES string of the molecule is OC(c1cnn(PI)c1)C1CCCC1. The number of aromatic nitrogens is 2. The molecule has 1 aromatic heterocycles. The molecule has 0 aromatic carbocycles. The van der Waals surface area contributed by atoms with Crippen LogP contribution in [-0.4, -0.2) is 14.7 Å². The van der Waals surface area contributed by atoms with E-state index in [0.29, 0.717) is 12.3 Å². The molecule has 2 atom stereocenters. The van der Waals surface area contributed by atoms with Crippen LogP contribution in [0.5, 0.6) is 0 Å². The van der Waals surface area contributed by atoms with Crippen molar-refractivity contribution in [3.05, 3.63) is 18.0 Å². The molecule has 3 nitrogen and oxygen atoms in total. The molecular formula is C9H14IN2OP. The third kappa shape index (κ3) is 2.28. The van der Waals surface area contributed by atoms with Gasteiger partial charge in [-0.3, -0.25) is 0 Å². The number of rotatable bonds is 3. The lowest BCUT2D eigenvalue weighted by atomic mass is 9.97. The van der Waals surface area contributed by atoms with Gasteiger partial charge < -0.3 is 5.11 Å². The molecular weight excluding hydrogens is 310 g/mol. The van der Waals surface area contributed by atoms with Gasteiger partial charge in [0.1, 0.15) is 0 Å². The first kappa shape index (κ1) is 10.8. The lowest BCUT2D eigenvalue weighted by molar-refractivity contribution is 0.111. The van der Waals surface area contributed by atoms with Gasteiger partial charge in [-0.25, -0.2) is 4.45 Å². The number of nitrogens with zero attached hydrogens (tertiary/aromatic N) is 2. The van der Waals surface area contributed by atoms with Gasteiger partial charge in [0.25, 0.3) is 0 Å². The van der Waals surface area contributed by atoms with Crippen molar-refractivity contribution in [3.8, 4) is 0 Å². The lowest BCUT2D eigenvalue weighted by Gasteiger charge is -2.15. The van der Waals surface area contributed by atoms with Gasteiger partial charge in [0.2, 0.25) is 0 Å². The standard InChI is InChI=1S/C9H14IN2OP/c10-14-12-6-8(5-11-12)9(13)7-3-1-2-4-7/h5-7,9,13-14H,1-4H2. The van der Waals surface area contributed by atoms with Crippen LogP contribution in [0.15, 0.2) is 12.4 Å². The summed E-state index contributed by atoms with van der Waals surface area (Å²) in [6.45, 7) is 0. The zero-order valence-corrected chi connectivity index (χ0v) is 11.0. The molecule has 0 spiro atoms. The molecule has 1 aromatic rings. The van der Waals surface area contributed by atoms with Gasteiger partial charge >= 0.3 is 0 Å². The van der Waals surface area contributed by atoms with E-state index in [1.54, 1.807) is 6.20 Å². The third-order valence-corrected chi connectivity index (χ3v) is 4.78. The molecule has 1 aliphatic rings. The fourth-order valence-electron chi connectivity index (χ4n) is 2.08. The van der Waals surface area contributed by atoms with Gasteiger partial charge in [-0.15, -0.1) is 0 Å². The van der Waals surface area contributed by atoms with E-state index in [1.807, 2.05) is 10.6 Å². The normalized spacial score (nSPS) is 21.0. The Bertz CT molecular complexity index is 299. The molecule has 0 bridgehead atoms. The molecule has 1 N–H and O–H groups in total. The second kappa shape index (κ2) is 4.90. The van der Waals surface area contributed by atoms with Crippen molar-refractivity contribution in [2.75, 3.05) is 0 Å². The Kier molecular flexibility index (Phi) is 3.79. The molecule has 1 saturated carbocycles. The van der Waals surface area contributed by atoms with Gasteiger partial charge in [-0.1, -0.05) is 12.8 Å². The average molecular weight is 324 g/mol. The highest BCUT2D eigenvalue weighted by Gasteiger charge is 2.25. The number of halogens is 1. The van der Waals surface area contributed by atoms with Gasteiger partial charge in [0.15, 0.2) is 0 Å². The van der Waals surface area contributed by atoms with Gasteiger partial charge in [-0.2, -0.15) is 5.10 Å². The summed E-state index contributed by atoms with van der Waals surface area (Å²) >= 11 is 2.28. The largest absolute Gasteiger partial charge is 0.388 e. The zero-order valence-electron chi connectivity index (χ0n) is 7.86. The van der Waals surface area contributed by atoms with Crippen molar-refractivity contribution in [2.24, 2.45) is 5.92 Å². The van der Waals surface area contributed by atoms with Crippen LogP contribution in [0.2, 0.25) is 0 Å². The van der Waals surface area contributed by atoms with E-state index in [1.165, 1.54) is 25.7 Å². The van der Waals surface area contributed by atoms with E-state index in [0.717, 1.165) is 5.56 Å². The predicted octanol–water partition coefficient (Wildman–Crippen LogP) is 2.90. The van der Waals surface area contributed by atoms with E-state index < -0.39 is 0 Å². The Morgan fingerprint density at radius 2 is 2.29 bits per heavy atom. The Hall–Kier alpha value is 0.330. The summed E-state index contributed by atoms with van der Waals surface area (Å²) in [5.74, 6) is 0.463. The number of aliphatic hydroxyl groups excluding tert-OH is 1. The summed E-state index contributed by atoms with van der Waals surface area (Å²) < 4.78 is 1.88. The van der Waals surface area contributed by atoms with Crippen molar-refractivity contribution in [1.29, 1.82) is 0 Å². The van der Waals surface area contributed by atoms with E-state index in [2.05, 4.69) is 27.1 Å². The molecule has 14 heavy (non-hydrogen) atoms. The maximum atomic E-state index is 10.1. The van der Waals surface area contributed by atoms with Crippen LogP contribution < -0.4 is 0 Å².